The highest BCUT2D eigenvalue weighted by Gasteiger charge is 2.40. The Morgan fingerprint density at radius 2 is 1.75 bits per heavy atom. The van der Waals surface area contributed by atoms with E-state index in [1.807, 2.05) is 24.3 Å². The summed E-state index contributed by atoms with van der Waals surface area (Å²) < 4.78 is 11.2. The van der Waals surface area contributed by atoms with Crippen molar-refractivity contribution < 1.29 is 33.6 Å². The van der Waals surface area contributed by atoms with E-state index < -0.39 is 23.0 Å². The number of nitro benzene ring substituents is 1. The highest BCUT2D eigenvalue weighted by Crippen LogP contribution is 2.34. The maximum Gasteiger partial charge on any atom is 0.412 e. The van der Waals surface area contributed by atoms with Crippen molar-refractivity contribution in [3.63, 3.8) is 0 Å². The third kappa shape index (κ3) is 5.75. The number of rotatable bonds is 8. The lowest BCUT2D eigenvalue weighted by Crippen LogP contribution is -2.52. The maximum atomic E-state index is 13.0. The lowest BCUT2D eigenvalue weighted by atomic mass is 10.0. The highest BCUT2D eigenvalue weighted by atomic mass is 16.6. The Morgan fingerprint density at radius 3 is 2.45 bits per heavy atom. The summed E-state index contributed by atoms with van der Waals surface area (Å²) >= 11 is 0. The van der Waals surface area contributed by atoms with Crippen LogP contribution in [0.2, 0.25) is 0 Å². The predicted octanol–water partition coefficient (Wildman–Crippen LogP) is 3.22. The molecule has 0 bridgehead atoms. The van der Waals surface area contributed by atoms with Crippen LogP contribution < -0.4 is 20.1 Å². The van der Waals surface area contributed by atoms with Crippen LogP contribution >= 0.6 is 0 Å². The first-order valence-electron chi connectivity index (χ1n) is 12.5. The van der Waals surface area contributed by atoms with Crippen LogP contribution in [0, 0.1) is 10.1 Å². The highest BCUT2D eigenvalue weighted by molar-refractivity contribution is 6.05. The smallest absolute Gasteiger partial charge is 0.412 e. The molecule has 2 aliphatic heterocycles. The molecule has 40 heavy (non-hydrogen) atoms. The molecule has 3 aromatic carbocycles. The van der Waals surface area contributed by atoms with E-state index in [0.717, 1.165) is 11.1 Å². The van der Waals surface area contributed by atoms with E-state index in [0.29, 0.717) is 16.9 Å². The number of carbonyl (C=O) groups excluding carboxylic acids is 4. The van der Waals surface area contributed by atoms with Gasteiger partial charge in [0.1, 0.15) is 24.1 Å². The molecule has 12 heteroatoms. The molecule has 12 nitrogen and oxygen atoms in total. The number of carbonyl (C=O) groups is 4. The van der Waals surface area contributed by atoms with Gasteiger partial charge in [0.25, 0.3) is 11.6 Å². The fraction of sp³-hybridized carbons (Fsp3) is 0.214. The molecule has 1 saturated heterocycles. The van der Waals surface area contributed by atoms with Gasteiger partial charge in [-0.15, -0.1) is 0 Å². The number of nitrogens with one attached hydrogen (secondary N) is 2. The van der Waals surface area contributed by atoms with Crippen molar-refractivity contribution in [1.29, 1.82) is 0 Å². The standard InChI is InChI=1S/C28H24N4O8/c33-25-13-12-23(26(34)30-25)31-15-22-21(27(31)35)2-1-3-24(22)39-16-18-6-4-17(5-7-18)14-29-28(36)40-20-10-8-19(9-11-20)32(37)38/h1-11,23H,12-16H2,(H,29,36)(H,30,33,34). The third-order valence-electron chi connectivity index (χ3n) is 6.65. The zero-order chi connectivity index (χ0) is 28.2. The lowest BCUT2D eigenvalue weighted by molar-refractivity contribution is -0.384. The molecular formula is C28H24N4O8. The van der Waals surface area contributed by atoms with Gasteiger partial charge in [-0.3, -0.25) is 29.8 Å². The van der Waals surface area contributed by atoms with E-state index in [2.05, 4.69) is 10.6 Å². The molecule has 5 rings (SSSR count). The van der Waals surface area contributed by atoms with E-state index >= 15 is 0 Å². The molecule has 3 aromatic rings. The van der Waals surface area contributed by atoms with Crippen LogP contribution in [-0.2, 0) is 29.3 Å². The van der Waals surface area contributed by atoms with Crippen molar-refractivity contribution in [3.8, 4) is 11.5 Å². The largest absolute Gasteiger partial charge is 0.489 e. The van der Waals surface area contributed by atoms with Crippen molar-refractivity contribution in [3.05, 3.63) is 99.1 Å². The number of amides is 4. The second-order valence-electron chi connectivity index (χ2n) is 9.28. The summed E-state index contributed by atoms with van der Waals surface area (Å²) in [5.74, 6) is -0.336. The van der Waals surface area contributed by atoms with Crippen LogP contribution in [0.3, 0.4) is 0 Å². The molecule has 204 valence electrons. The first-order valence-corrected chi connectivity index (χ1v) is 12.5. The number of hydrogen-bond donors (Lipinski definition) is 2. The second-order valence-corrected chi connectivity index (χ2v) is 9.28. The van der Waals surface area contributed by atoms with Crippen LogP contribution in [0.25, 0.3) is 0 Å². The van der Waals surface area contributed by atoms with Crippen molar-refractivity contribution in [2.45, 2.75) is 38.6 Å². The Balaban J connectivity index is 1.14. The number of nitro groups is 1. The van der Waals surface area contributed by atoms with Crippen LogP contribution in [0.5, 0.6) is 11.5 Å². The summed E-state index contributed by atoms with van der Waals surface area (Å²) in [6, 6.07) is 17.0. The van der Waals surface area contributed by atoms with Gasteiger partial charge in [0.2, 0.25) is 11.8 Å². The maximum absolute atomic E-state index is 13.0. The topological polar surface area (TPSA) is 157 Å². The van der Waals surface area contributed by atoms with Gasteiger partial charge < -0.3 is 19.7 Å². The van der Waals surface area contributed by atoms with Crippen LogP contribution in [-0.4, -0.2) is 39.7 Å². The Bertz CT molecular complexity index is 1490. The number of hydrogen-bond acceptors (Lipinski definition) is 8. The number of non-ortho nitro benzene ring substituents is 1. The Kier molecular flexibility index (Phi) is 7.40. The molecule has 0 saturated carbocycles. The normalized spacial score (nSPS) is 16.2. The molecule has 0 aliphatic carbocycles. The molecular weight excluding hydrogens is 520 g/mol. The lowest BCUT2D eigenvalue weighted by Gasteiger charge is -2.29. The molecule has 1 unspecified atom stereocenters. The Labute approximate surface area is 228 Å². The average Bonchev–Trinajstić information content (AvgIpc) is 3.28. The Hall–Kier alpha value is -5.26. The summed E-state index contributed by atoms with van der Waals surface area (Å²) in [7, 11) is 0. The van der Waals surface area contributed by atoms with Gasteiger partial charge in [-0.2, -0.15) is 0 Å². The Morgan fingerprint density at radius 1 is 1.02 bits per heavy atom. The van der Waals surface area contributed by atoms with Gasteiger partial charge in [-0.05, 0) is 41.8 Å². The van der Waals surface area contributed by atoms with Crippen LogP contribution in [0.4, 0.5) is 10.5 Å². The quantitative estimate of drug-likeness (QED) is 0.249. The zero-order valence-electron chi connectivity index (χ0n) is 21.1. The molecule has 2 aliphatic rings. The van der Waals surface area contributed by atoms with Crippen LogP contribution in [0.15, 0.2) is 66.7 Å². The number of imide groups is 1. The summed E-state index contributed by atoms with van der Waals surface area (Å²) in [5.41, 5.74) is 2.75. The third-order valence-corrected chi connectivity index (χ3v) is 6.65. The zero-order valence-corrected chi connectivity index (χ0v) is 21.1. The number of benzene rings is 3. The van der Waals surface area contributed by atoms with Gasteiger partial charge in [0, 0.05) is 36.2 Å². The van der Waals surface area contributed by atoms with Crippen molar-refractivity contribution in [2.75, 3.05) is 0 Å². The van der Waals surface area contributed by atoms with Crippen molar-refractivity contribution in [1.82, 2.24) is 15.5 Å². The van der Waals surface area contributed by atoms with Gasteiger partial charge in [0.05, 0.1) is 11.5 Å². The first kappa shape index (κ1) is 26.4. The van der Waals surface area contributed by atoms with Crippen molar-refractivity contribution in [2.24, 2.45) is 0 Å². The first-order chi connectivity index (χ1) is 19.3. The number of fused-ring (bicyclic) bond motifs is 1. The average molecular weight is 545 g/mol. The minimum atomic E-state index is -0.696. The van der Waals surface area contributed by atoms with Gasteiger partial charge >= 0.3 is 6.09 Å². The fourth-order valence-corrected chi connectivity index (χ4v) is 4.56. The number of nitrogens with zero attached hydrogens (tertiary/aromatic N) is 2. The summed E-state index contributed by atoms with van der Waals surface area (Å²) in [6.45, 7) is 0.660. The van der Waals surface area contributed by atoms with Crippen molar-refractivity contribution >= 4 is 29.5 Å². The molecule has 0 spiro atoms. The summed E-state index contributed by atoms with van der Waals surface area (Å²) in [4.78, 5) is 60.5. The van der Waals surface area contributed by atoms with Gasteiger partial charge in [-0.25, -0.2) is 4.79 Å². The van der Waals surface area contributed by atoms with E-state index in [9.17, 15) is 29.3 Å². The molecule has 0 radical (unpaired) electrons. The minimum Gasteiger partial charge on any atom is -0.489 e. The molecule has 1 fully saturated rings. The second kappa shape index (κ2) is 11.2. The van der Waals surface area contributed by atoms with E-state index in [-0.39, 0.29) is 55.8 Å². The molecule has 1 atom stereocenters. The molecule has 4 amide bonds. The summed E-state index contributed by atoms with van der Waals surface area (Å²) in [6.07, 6.45) is -0.219. The summed E-state index contributed by atoms with van der Waals surface area (Å²) in [5, 5.41) is 15.6. The van der Waals surface area contributed by atoms with Crippen LogP contribution in [0.1, 0.15) is 39.9 Å². The van der Waals surface area contributed by atoms with Gasteiger partial charge in [-0.1, -0.05) is 30.3 Å². The van der Waals surface area contributed by atoms with E-state index in [1.54, 1.807) is 18.2 Å². The predicted molar refractivity (Wildman–Crippen MR) is 139 cm³/mol. The molecule has 0 aromatic heterocycles. The van der Waals surface area contributed by atoms with Gasteiger partial charge in [0.15, 0.2) is 0 Å². The molecule has 2 heterocycles. The number of ether oxygens (including phenoxy) is 2. The fourth-order valence-electron chi connectivity index (χ4n) is 4.56. The SMILES string of the molecule is O=C1CCC(N2Cc3c(OCc4ccc(CNC(=O)Oc5ccc([N+](=O)[O-])cc5)cc4)cccc3C2=O)C(=O)N1. The monoisotopic (exact) mass is 544 g/mol. The van der Waals surface area contributed by atoms with E-state index in [4.69, 9.17) is 9.47 Å². The number of piperidine rings is 1. The minimum absolute atomic E-state index is 0.101. The molecule has 2 N–H and O–H groups in total. The van der Waals surface area contributed by atoms with E-state index in [1.165, 1.54) is 29.2 Å².